The van der Waals surface area contributed by atoms with Crippen molar-refractivity contribution in [3.8, 4) is 0 Å². The highest BCUT2D eigenvalue weighted by molar-refractivity contribution is 5.88. The first-order valence-corrected chi connectivity index (χ1v) is 6.41. The van der Waals surface area contributed by atoms with Gasteiger partial charge in [-0.05, 0) is 18.6 Å². The van der Waals surface area contributed by atoms with E-state index in [1.807, 2.05) is 6.92 Å². The second kappa shape index (κ2) is 6.14. The van der Waals surface area contributed by atoms with Crippen LogP contribution in [0.5, 0.6) is 0 Å². The van der Waals surface area contributed by atoms with Crippen LogP contribution < -0.4 is 5.32 Å². The van der Waals surface area contributed by atoms with Crippen LogP contribution in [0.4, 0.5) is 5.82 Å². The zero-order chi connectivity index (χ0) is 14.5. The van der Waals surface area contributed by atoms with Crippen molar-refractivity contribution in [3.63, 3.8) is 0 Å². The Morgan fingerprint density at radius 1 is 1.45 bits per heavy atom. The van der Waals surface area contributed by atoms with Gasteiger partial charge in [0.2, 0.25) is 0 Å². The van der Waals surface area contributed by atoms with E-state index in [4.69, 9.17) is 5.11 Å². The molecule has 0 aliphatic carbocycles. The third-order valence-electron chi connectivity index (χ3n) is 2.71. The van der Waals surface area contributed by atoms with Crippen LogP contribution >= 0.6 is 0 Å². The van der Waals surface area contributed by atoms with Crippen molar-refractivity contribution in [2.24, 2.45) is 7.05 Å². The number of carboxylic acid groups (broad SMARTS) is 1. The Labute approximate surface area is 116 Å². The molecular formula is C13H17N5O2. The molecule has 0 unspecified atom stereocenters. The molecule has 2 aromatic heterocycles. The highest BCUT2D eigenvalue weighted by Gasteiger charge is 2.09. The molecule has 0 amide bonds. The molecule has 0 fully saturated rings. The third kappa shape index (κ3) is 3.53. The molecule has 0 saturated carbocycles. The van der Waals surface area contributed by atoms with E-state index in [0.717, 1.165) is 18.5 Å². The molecule has 2 heterocycles. The maximum absolute atomic E-state index is 11.1. The minimum Gasteiger partial charge on any atom is -0.478 e. The summed E-state index contributed by atoms with van der Waals surface area (Å²) in [4.78, 5) is 19.6. The Morgan fingerprint density at radius 3 is 2.85 bits per heavy atom. The minimum atomic E-state index is -0.955. The molecule has 0 saturated heterocycles. The van der Waals surface area contributed by atoms with E-state index in [1.165, 1.54) is 6.07 Å². The zero-order valence-electron chi connectivity index (χ0n) is 11.5. The molecular weight excluding hydrogens is 258 g/mol. The van der Waals surface area contributed by atoms with E-state index in [0.29, 0.717) is 18.2 Å². The van der Waals surface area contributed by atoms with Gasteiger partial charge >= 0.3 is 5.97 Å². The fourth-order valence-corrected chi connectivity index (χ4v) is 1.82. The number of nitrogens with one attached hydrogen (secondary N) is 1. The number of hydrogen-bond donors (Lipinski definition) is 2. The van der Waals surface area contributed by atoms with Gasteiger partial charge < -0.3 is 10.4 Å². The van der Waals surface area contributed by atoms with Gasteiger partial charge in [-0.2, -0.15) is 5.10 Å². The summed E-state index contributed by atoms with van der Waals surface area (Å²) in [5.74, 6) is 0.205. The minimum absolute atomic E-state index is 0.236. The number of aryl methyl sites for hydroxylation is 2. The summed E-state index contributed by atoms with van der Waals surface area (Å²) in [6, 6.07) is 3.13. The molecule has 106 valence electrons. The molecule has 2 rings (SSSR count). The number of rotatable bonds is 6. The maximum atomic E-state index is 11.1. The lowest BCUT2D eigenvalue weighted by Crippen LogP contribution is -2.07. The number of pyridine rings is 1. The van der Waals surface area contributed by atoms with Crippen molar-refractivity contribution in [3.05, 3.63) is 35.5 Å². The van der Waals surface area contributed by atoms with E-state index in [9.17, 15) is 4.79 Å². The summed E-state index contributed by atoms with van der Waals surface area (Å²) in [6.07, 6.45) is 3.27. The summed E-state index contributed by atoms with van der Waals surface area (Å²) < 4.78 is 1.61. The molecule has 0 radical (unpaired) electrons. The van der Waals surface area contributed by atoms with Gasteiger partial charge in [-0.25, -0.2) is 14.8 Å². The largest absolute Gasteiger partial charge is 0.478 e. The van der Waals surface area contributed by atoms with E-state index >= 15 is 0 Å². The van der Waals surface area contributed by atoms with Crippen molar-refractivity contribution < 1.29 is 9.90 Å². The van der Waals surface area contributed by atoms with Gasteiger partial charge in [0.1, 0.15) is 12.1 Å². The average Bonchev–Trinajstić information content (AvgIpc) is 2.82. The van der Waals surface area contributed by atoms with Gasteiger partial charge in [0.05, 0.1) is 12.1 Å². The van der Waals surface area contributed by atoms with Crippen LogP contribution in [0.25, 0.3) is 0 Å². The molecule has 0 aliphatic rings. The van der Waals surface area contributed by atoms with E-state index in [2.05, 4.69) is 20.4 Å². The number of carbonyl (C=O) groups is 1. The molecule has 0 aromatic carbocycles. The Balaban J connectivity index is 2.15. The molecule has 7 nitrogen and oxygen atoms in total. The van der Waals surface area contributed by atoms with Gasteiger partial charge in [0.15, 0.2) is 5.82 Å². The Kier molecular flexibility index (Phi) is 4.29. The lowest BCUT2D eigenvalue weighted by Gasteiger charge is -2.07. The monoisotopic (exact) mass is 275 g/mol. The van der Waals surface area contributed by atoms with Crippen molar-refractivity contribution >= 4 is 11.8 Å². The lowest BCUT2D eigenvalue weighted by atomic mass is 10.1. The van der Waals surface area contributed by atoms with Crippen LogP contribution in [0.3, 0.4) is 0 Å². The molecule has 2 N–H and O–H groups in total. The van der Waals surface area contributed by atoms with Crippen LogP contribution in [0.15, 0.2) is 18.5 Å². The molecule has 0 spiro atoms. The molecule has 20 heavy (non-hydrogen) atoms. The van der Waals surface area contributed by atoms with Crippen LogP contribution in [0.1, 0.15) is 35.2 Å². The molecule has 0 aliphatic heterocycles. The summed E-state index contributed by atoms with van der Waals surface area (Å²) in [7, 11) is 1.79. The van der Waals surface area contributed by atoms with Gasteiger partial charge in [0.25, 0.3) is 0 Å². The number of aromatic carboxylic acids is 1. The number of aromatic nitrogens is 4. The summed E-state index contributed by atoms with van der Waals surface area (Å²) >= 11 is 0. The van der Waals surface area contributed by atoms with Crippen LogP contribution in [-0.2, 0) is 20.0 Å². The Bertz CT molecular complexity index is 609. The fourth-order valence-electron chi connectivity index (χ4n) is 1.82. The normalized spacial score (nSPS) is 10.5. The first-order valence-electron chi connectivity index (χ1n) is 6.41. The van der Waals surface area contributed by atoms with Crippen molar-refractivity contribution in [1.82, 2.24) is 19.7 Å². The van der Waals surface area contributed by atoms with Crippen molar-refractivity contribution in [2.45, 2.75) is 26.3 Å². The summed E-state index contributed by atoms with van der Waals surface area (Å²) in [5.41, 5.74) is 1.00. The standard InChI is InChI=1S/C13H17N5O2/c1-3-4-10-5-9(13(19)20)6-11(16-10)14-7-12-15-8-18(2)17-12/h5-6,8H,3-4,7H2,1-2H3,(H,14,16)(H,19,20). The second-order valence-corrected chi connectivity index (χ2v) is 4.48. The highest BCUT2D eigenvalue weighted by atomic mass is 16.4. The molecule has 0 atom stereocenters. The smallest absolute Gasteiger partial charge is 0.335 e. The number of anilines is 1. The molecule has 7 heteroatoms. The first-order chi connectivity index (χ1) is 9.58. The Morgan fingerprint density at radius 2 is 2.25 bits per heavy atom. The van der Waals surface area contributed by atoms with E-state index in [-0.39, 0.29) is 5.56 Å². The van der Waals surface area contributed by atoms with Crippen LogP contribution in [-0.4, -0.2) is 30.8 Å². The van der Waals surface area contributed by atoms with Crippen molar-refractivity contribution in [2.75, 3.05) is 5.32 Å². The lowest BCUT2D eigenvalue weighted by molar-refractivity contribution is 0.0696. The summed E-state index contributed by atoms with van der Waals surface area (Å²) in [5, 5.41) is 16.3. The molecule has 0 bridgehead atoms. The predicted octanol–water partition coefficient (Wildman–Crippen LogP) is 1.47. The SMILES string of the molecule is CCCc1cc(C(=O)O)cc(NCc2ncn(C)n2)n1. The maximum Gasteiger partial charge on any atom is 0.335 e. The summed E-state index contributed by atoms with van der Waals surface area (Å²) in [6.45, 7) is 2.43. The molecule has 2 aromatic rings. The zero-order valence-corrected chi connectivity index (χ0v) is 11.5. The predicted molar refractivity (Wildman–Crippen MR) is 73.5 cm³/mol. The van der Waals surface area contributed by atoms with Gasteiger partial charge in [-0.1, -0.05) is 13.3 Å². The third-order valence-corrected chi connectivity index (χ3v) is 2.71. The Hall–Kier alpha value is -2.44. The number of carboxylic acids is 1. The fraction of sp³-hybridized carbons (Fsp3) is 0.385. The van der Waals surface area contributed by atoms with E-state index < -0.39 is 5.97 Å². The second-order valence-electron chi connectivity index (χ2n) is 4.48. The first kappa shape index (κ1) is 14.0. The highest BCUT2D eigenvalue weighted by Crippen LogP contribution is 2.13. The van der Waals surface area contributed by atoms with Crippen LogP contribution in [0.2, 0.25) is 0 Å². The number of nitrogens with zero attached hydrogens (tertiary/aromatic N) is 4. The topological polar surface area (TPSA) is 92.9 Å². The van der Waals surface area contributed by atoms with Crippen LogP contribution in [0, 0.1) is 0 Å². The van der Waals surface area contributed by atoms with Gasteiger partial charge in [-0.3, -0.25) is 4.68 Å². The quantitative estimate of drug-likeness (QED) is 0.829. The van der Waals surface area contributed by atoms with Gasteiger partial charge in [-0.15, -0.1) is 0 Å². The van der Waals surface area contributed by atoms with Gasteiger partial charge in [0, 0.05) is 12.7 Å². The number of hydrogen-bond acceptors (Lipinski definition) is 5. The average molecular weight is 275 g/mol. The van der Waals surface area contributed by atoms with E-state index in [1.54, 1.807) is 24.1 Å². The van der Waals surface area contributed by atoms with Crippen molar-refractivity contribution in [1.29, 1.82) is 0 Å².